The SMILES string of the molecule is Fc1cccc2c1C1=NCCN1c1c(-c3noc(C4CC4)n3)ncn1-2. The van der Waals surface area contributed by atoms with Crippen LogP contribution in [0.3, 0.4) is 0 Å². The largest absolute Gasteiger partial charge is 0.339 e. The molecular formula is C17H13FN6O. The Bertz CT molecular complexity index is 1050. The molecule has 0 amide bonds. The highest BCUT2D eigenvalue weighted by atomic mass is 19.1. The van der Waals surface area contributed by atoms with Crippen molar-refractivity contribution in [3.8, 4) is 17.2 Å². The summed E-state index contributed by atoms with van der Waals surface area (Å²) in [4.78, 5) is 15.5. The average Bonchev–Trinajstić information content (AvgIpc) is 3.03. The van der Waals surface area contributed by atoms with Gasteiger partial charge in [-0.1, -0.05) is 11.2 Å². The van der Waals surface area contributed by atoms with Crippen LogP contribution < -0.4 is 4.90 Å². The fraction of sp³-hybridized carbons (Fsp3) is 0.294. The van der Waals surface area contributed by atoms with Crippen LogP contribution in [0, 0.1) is 5.82 Å². The average molecular weight is 336 g/mol. The van der Waals surface area contributed by atoms with E-state index in [1.807, 2.05) is 15.5 Å². The van der Waals surface area contributed by atoms with Gasteiger partial charge in [0.2, 0.25) is 11.7 Å². The lowest BCUT2D eigenvalue weighted by atomic mass is 10.1. The van der Waals surface area contributed by atoms with Crippen molar-refractivity contribution in [2.24, 2.45) is 4.99 Å². The lowest BCUT2D eigenvalue weighted by molar-refractivity contribution is 0.380. The molecule has 2 aliphatic heterocycles. The smallest absolute Gasteiger partial charge is 0.230 e. The van der Waals surface area contributed by atoms with Crippen molar-refractivity contribution >= 4 is 11.7 Å². The molecular weight excluding hydrogens is 323 g/mol. The summed E-state index contributed by atoms with van der Waals surface area (Å²) in [5, 5.41) is 4.11. The van der Waals surface area contributed by atoms with Gasteiger partial charge in [-0.05, 0) is 25.0 Å². The second-order valence-electron chi connectivity index (χ2n) is 6.51. The lowest BCUT2D eigenvalue weighted by Gasteiger charge is -2.29. The van der Waals surface area contributed by atoms with Crippen LogP contribution in [0.25, 0.3) is 17.2 Å². The van der Waals surface area contributed by atoms with Crippen LogP contribution >= 0.6 is 0 Å². The maximum Gasteiger partial charge on any atom is 0.230 e. The van der Waals surface area contributed by atoms with Crippen LogP contribution in [-0.4, -0.2) is 38.6 Å². The van der Waals surface area contributed by atoms with E-state index < -0.39 is 0 Å². The molecule has 0 atom stereocenters. The lowest BCUT2D eigenvalue weighted by Crippen LogP contribution is -2.35. The number of anilines is 1. The Kier molecular flexibility index (Phi) is 2.41. The Morgan fingerprint density at radius 3 is 3.04 bits per heavy atom. The molecule has 1 aromatic carbocycles. The molecule has 6 rings (SSSR count). The van der Waals surface area contributed by atoms with Gasteiger partial charge in [0.1, 0.15) is 18.0 Å². The number of hydrogen-bond acceptors (Lipinski definition) is 6. The summed E-state index contributed by atoms with van der Waals surface area (Å²) >= 11 is 0. The van der Waals surface area contributed by atoms with E-state index in [0.29, 0.717) is 47.8 Å². The zero-order valence-electron chi connectivity index (χ0n) is 13.2. The molecule has 3 aliphatic rings. The number of nitrogens with zero attached hydrogens (tertiary/aromatic N) is 6. The Morgan fingerprint density at radius 2 is 2.16 bits per heavy atom. The summed E-state index contributed by atoms with van der Waals surface area (Å²) in [6.07, 6.45) is 3.88. The van der Waals surface area contributed by atoms with Crippen LogP contribution in [0.2, 0.25) is 0 Å². The van der Waals surface area contributed by atoms with Crippen LogP contribution in [0.4, 0.5) is 10.2 Å². The predicted molar refractivity (Wildman–Crippen MR) is 87.5 cm³/mol. The van der Waals surface area contributed by atoms with E-state index in [4.69, 9.17) is 4.52 Å². The van der Waals surface area contributed by atoms with Gasteiger partial charge in [0.05, 0.1) is 17.8 Å². The van der Waals surface area contributed by atoms with Gasteiger partial charge >= 0.3 is 0 Å². The third kappa shape index (κ3) is 1.73. The molecule has 8 heteroatoms. The third-order valence-electron chi connectivity index (χ3n) is 4.89. The molecule has 1 aliphatic carbocycles. The summed E-state index contributed by atoms with van der Waals surface area (Å²) < 4.78 is 21.7. The summed E-state index contributed by atoms with van der Waals surface area (Å²) in [6, 6.07) is 5.03. The van der Waals surface area contributed by atoms with Gasteiger partial charge in [-0.25, -0.2) is 9.37 Å². The number of aromatic nitrogens is 4. The Morgan fingerprint density at radius 1 is 1.24 bits per heavy atom. The minimum atomic E-state index is -0.278. The van der Waals surface area contributed by atoms with Crippen molar-refractivity contribution in [3.05, 3.63) is 41.8 Å². The number of amidine groups is 1. The van der Waals surface area contributed by atoms with Gasteiger partial charge in [0.15, 0.2) is 11.5 Å². The number of fused-ring (bicyclic) bond motifs is 6. The second-order valence-corrected chi connectivity index (χ2v) is 6.51. The van der Waals surface area contributed by atoms with Crippen LogP contribution in [0.5, 0.6) is 0 Å². The number of halogens is 1. The van der Waals surface area contributed by atoms with Crippen molar-refractivity contribution in [3.63, 3.8) is 0 Å². The summed E-state index contributed by atoms with van der Waals surface area (Å²) in [7, 11) is 0. The van der Waals surface area contributed by atoms with Crippen LogP contribution in [0.1, 0.15) is 30.2 Å². The van der Waals surface area contributed by atoms with E-state index in [1.165, 1.54) is 6.07 Å². The van der Waals surface area contributed by atoms with E-state index in [9.17, 15) is 4.39 Å². The van der Waals surface area contributed by atoms with Gasteiger partial charge in [-0.15, -0.1) is 0 Å². The fourth-order valence-corrected chi connectivity index (χ4v) is 3.56. The fourth-order valence-electron chi connectivity index (χ4n) is 3.56. The van der Waals surface area contributed by atoms with E-state index in [0.717, 1.165) is 24.3 Å². The molecule has 0 unspecified atom stereocenters. The van der Waals surface area contributed by atoms with Crippen LogP contribution in [0.15, 0.2) is 34.0 Å². The van der Waals surface area contributed by atoms with Crippen molar-refractivity contribution in [2.75, 3.05) is 18.0 Å². The highest BCUT2D eigenvalue weighted by molar-refractivity contribution is 6.16. The molecule has 1 saturated carbocycles. The zero-order chi connectivity index (χ0) is 16.5. The normalized spacial score (nSPS) is 18.0. The minimum absolute atomic E-state index is 0.278. The molecule has 25 heavy (non-hydrogen) atoms. The molecule has 1 fully saturated rings. The van der Waals surface area contributed by atoms with E-state index in [1.54, 1.807) is 12.4 Å². The molecule has 0 radical (unpaired) electrons. The first-order valence-corrected chi connectivity index (χ1v) is 8.34. The first-order valence-electron chi connectivity index (χ1n) is 8.34. The molecule has 7 nitrogen and oxygen atoms in total. The first-order chi connectivity index (χ1) is 12.3. The quantitative estimate of drug-likeness (QED) is 0.719. The number of benzene rings is 1. The second kappa shape index (κ2) is 4.53. The molecule has 124 valence electrons. The van der Waals surface area contributed by atoms with Gasteiger partial charge in [0, 0.05) is 12.5 Å². The maximum absolute atomic E-state index is 14.5. The predicted octanol–water partition coefficient (Wildman–Crippen LogP) is 2.52. The van der Waals surface area contributed by atoms with Gasteiger partial charge in [-0.2, -0.15) is 4.98 Å². The molecule has 0 saturated heterocycles. The van der Waals surface area contributed by atoms with Gasteiger partial charge in [-0.3, -0.25) is 9.56 Å². The van der Waals surface area contributed by atoms with E-state index in [2.05, 4.69) is 20.1 Å². The van der Waals surface area contributed by atoms with Crippen molar-refractivity contribution in [1.29, 1.82) is 0 Å². The number of aliphatic imine (C=N–C) groups is 1. The molecule has 0 N–H and O–H groups in total. The van der Waals surface area contributed by atoms with E-state index in [-0.39, 0.29) is 5.82 Å². The van der Waals surface area contributed by atoms with Crippen molar-refractivity contribution in [1.82, 2.24) is 19.7 Å². The zero-order valence-corrected chi connectivity index (χ0v) is 13.2. The Labute approximate surface area is 141 Å². The summed E-state index contributed by atoms with van der Waals surface area (Å²) in [6.45, 7) is 1.29. The van der Waals surface area contributed by atoms with Crippen LogP contribution in [-0.2, 0) is 0 Å². The summed E-state index contributed by atoms with van der Waals surface area (Å²) in [5.41, 5.74) is 1.89. The minimum Gasteiger partial charge on any atom is -0.339 e. The topological polar surface area (TPSA) is 72.3 Å². The third-order valence-corrected chi connectivity index (χ3v) is 4.89. The first kappa shape index (κ1) is 13.3. The highest BCUT2D eigenvalue weighted by Crippen LogP contribution is 2.42. The molecule has 4 heterocycles. The number of imidazole rings is 1. The van der Waals surface area contributed by atoms with E-state index >= 15 is 0 Å². The summed E-state index contributed by atoms with van der Waals surface area (Å²) in [5.74, 6) is 2.72. The molecule has 3 aromatic rings. The highest BCUT2D eigenvalue weighted by Gasteiger charge is 2.37. The Hall–Kier alpha value is -3.03. The van der Waals surface area contributed by atoms with Crippen molar-refractivity contribution in [2.45, 2.75) is 18.8 Å². The number of hydrogen-bond donors (Lipinski definition) is 0. The Balaban J connectivity index is 1.58. The van der Waals surface area contributed by atoms with Gasteiger partial charge < -0.3 is 9.42 Å². The molecule has 0 bridgehead atoms. The molecule has 2 aromatic heterocycles. The molecule has 0 spiro atoms. The monoisotopic (exact) mass is 336 g/mol. The number of rotatable bonds is 2. The van der Waals surface area contributed by atoms with Gasteiger partial charge in [0.25, 0.3) is 0 Å². The maximum atomic E-state index is 14.5. The van der Waals surface area contributed by atoms with Crippen molar-refractivity contribution < 1.29 is 8.91 Å². The standard InChI is InChI=1S/C17H13FN6O/c18-10-2-1-3-11-12(10)15-19-6-7-23(15)17-13(20-8-24(11)17)14-21-16(25-22-14)9-4-5-9/h1-3,8-9H,4-7H2.